The Morgan fingerprint density at radius 1 is 0.328 bits per heavy atom. The summed E-state index contributed by atoms with van der Waals surface area (Å²) >= 11 is 0. The lowest BCUT2D eigenvalue weighted by atomic mass is 10.0. The second-order valence-corrected chi connectivity index (χ2v) is 18.2. The Kier molecular flexibility index (Phi) is 48.8. The first-order chi connectivity index (χ1) is 30.0. The first-order valence-corrected chi connectivity index (χ1v) is 26.8. The Bertz CT molecular complexity index is 989. The van der Waals surface area contributed by atoms with Crippen LogP contribution in [-0.4, -0.2) is 37.2 Å². The number of rotatable bonds is 49. The zero-order valence-electron chi connectivity index (χ0n) is 40.9. The van der Waals surface area contributed by atoms with Crippen molar-refractivity contribution in [2.75, 3.05) is 13.2 Å². The lowest BCUT2D eigenvalue weighted by Gasteiger charge is -2.18. The molecule has 358 valence electrons. The van der Waals surface area contributed by atoms with Crippen LogP contribution in [0, 0.1) is 0 Å². The summed E-state index contributed by atoms with van der Waals surface area (Å²) in [7, 11) is 0. The molecule has 0 spiro atoms. The molecule has 0 fully saturated rings. The second-order valence-electron chi connectivity index (χ2n) is 18.2. The van der Waals surface area contributed by atoms with Crippen molar-refractivity contribution in [1.29, 1.82) is 0 Å². The molecule has 0 aromatic rings. The summed E-state index contributed by atoms with van der Waals surface area (Å²) in [5.41, 5.74) is 0. The van der Waals surface area contributed by atoms with Crippen LogP contribution in [0.1, 0.15) is 290 Å². The molecule has 6 heteroatoms. The number of carbonyl (C=O) groups is 3. The van der Waals surface area contributed by atoms with Crippen molar-refractivity contribution in [3.8, 4) is 0 Å². The molecule has 0 aromatic heterocycles. The molecule has 0 aliphatic rings. The Morgan fingerprint density at radius 2 is 0.607 bits per heavy atom. The lowest BCUT2D eigenvalue weighted by Crippen LogP contribution is -2.30. The first kappa shape index (κ1) is 58.9. The zero-order valence-corrected chi connectivity index (χ0v) is 40.9. The molecule has 0 amide bonds. The van der Waals surface area contributed by atoms with Crippen molar-refractivity contribution in [2.24, 2.45) is 0 Å². The van der Waals surface area contributed by atoms with E-state index >= 15 is 0 Å². The number of hydrogen-bond acceptors (Lipinski definition) is 6. The van der Waals surface area contributed by atoms with E-state index in [1.165, 1.54) is 167 Å². The highest BCUT2D eigenvalue weighted by Crippen LogP contribution is 2.16. The van der Waals surface area contributed by atoms with E-state index in [4.69, 9.17) is 14.2 Å². The van der Waals surface area contributed by atoms with Gasteiger partial charge in [-0.25, -0.2) is 0 Å². The summed E-state index contributed by atoms with van der Waals surface area (Å²) in [6, 6.07) is 0. The van der Waals surface area contributed by atoms with Gasteiger partial charge >= 0.3 is 17.9 Å². The zero-order chi connectivity index (χ0) is 44.4. The first-order valence-electron chi connectivity index (χ1n) is 26.8. The molecule has 1 atom stereocenters. The summed E-state index contributed by atoms with van der Waals surface area (Å²) < 4.78 is 16.8. The molecule has 0 heterocycles. The Balaban J connectivity index is 4.30. The average Bonchev–Trinajstić information content (AvgIpc) is 3.26. The van der Waals surface area contributed by atoms with Crippen LogP contribution in [0.2, 0.25) is 0 Å². The van der Waals surface area contributed by atoms with E-state index in [9.17, 15) is 14.4 Å². The molecule has 0 bridgehead atoms. The van der Waals surface area contributed by atoms with Gasteiger partial charge in [0.15, 0.2) is 6.10 Å². The maximum Gasteiger partial charge on any atom is 0.306 e. The van der Waals surface area contributed by atoms with E-state index < -0.39 is 6.10 Å². The van der Waals surface area contributed by atoms with E-state index in [1.54, 1.807) is 0 Å². The molecule has 1 unspecified atom stereocenters. The molecule has 0 rings (SSSR count). The number of ether oxygens (including phenoxy) is 3. The van der Waals surface area contributed by atoms with Gasteiger partial charge in [0.2, 0.25) is 0 Å². The van der Waals surface area contributed by atoms with Crippen molar-refractivity contribution >= 4 is 17.9 Å². The number of allylic oxidation sites excluding steroid dienone is 4. The maximum atomic E-state index is 12.8. The number of hydrogen-bond donors (Lipinski definition) is 0. The van der Waals surface area contributed by atoms with E-state index in [2.05, 4.69) is 45.1 Å². The minimum atomic E-state index is -0.772. The molecule has 6 nitrogen and oxygen atoms in total. The third-order valence-corrected chi connectivity index (χ3v) is 12.0. The summed E-state index contributed by atoms with van der Waals surface area (Å²) in [6.45, 7) is 6.61. The minimum absolute atomic E-state index is 0.0720. The van der Waals surface area contributed by atoms with Crippen molar-refractivity contribution in [3.05, 3.63) is 24.3 Å². The van der Waals surface area contributed by atoms with Crippen LogP contribution >= 0.6 is 0 Å². The Hall–Kier alpha value is -2.11. The van der Waals surface area contributed by atoms with Gasteiger partial charge in [-0.3, -0.25) is 14.4 Å². The van der Waals surface area contributed by atoms with Crippen LogP contribution in [0.5, 0.6) is 0 Å². The highest BCUT2D eigenvalue weighted by Gasteiger charge is 2.19. The van der Waals surface area contributed by atoms with Crippen molar-refractivity contribution in [3.63, 3.8) is 0 Å². The van der Waals surface area contributed by atoms with E-state index in [0.717, 1.165) is 83.5 Å². The molecule has 61 heavy (non-hydrogen) atoms. The summed E-state index contributed by atoms with van der Waals surface area (Å²) in [4.78, 5) is 38.0. The fourth-order valence-electron chi connectivity index (χ4n) is 7.87. The van der Waals surface area contributed by atoms with E-state index in [-0.39, 0.29) is 31.1 Å². The third-order valence-electron chi connectivity index (χ3n) is 12.0. The van der Waals surface area contributed by atoms with Crippen LogP contribution in [0.3, 0.4) is 0 Å². The maximum absolute atomic E-state index is 12.8. The molecule has 0 aromatic carbocycles. The van der Waals surface area contributed by atoms with E-state index in [1.807, 2.05) is 0 Å². The third kappa shape index (κ3) is 48.8. The van der Waals surface area contributed by atoms with Gasteiger partial charge in [-0.05, 0) is 44.9 Å². The van der Waals surface area contributed by atoms with Gasteiger partial charge < -0.3 is 14.2 Å². The SMILES string of the molecule is CCCC/C=C\C/C=C\CCCCCCCC(=O)OC(COC(=O)CCCCCCCCCCCCC)COC(=O)CCCCCCCCCCCCCCCCCCCC. The van der Waals surface area contributed by atoms with Gasteiger partial charge in [-0.15, -0.1) is 0 Å². The summed E-state index contributed by atoms with van der Waals surface area (Å²) in [6.07, 6.45) is 57.3. The fourth-order valence-corrected chi connectivity index (χ4v) is 7.87. The van der Waals surface area contributed by atoms with Crippen LogP contribution < -0.4 is 0 Å². The topological polar surface area (TPSA) is 78.9 Å². The van der Waals surface area contributed by atoms with Crippen molar-refractivity contribution in [1.82, 2.24) is 0 Å². The molecule has 0 aliphatic carbocycles. The van der Waals surface area contributed by atoms with Gasteiger partial charge in [0.05, 0.1) is 0 Å². The standard InChI is InChI=1S/C55H102O6/c1-4-7-10-13-16-19-22-24-26-27-28-29-31-33-36-39-42-45-48-54(57)60-51-52(50-59-53(56)47-44-41-38-35-32-21-18-15-12-9-6-3)61-55(58)49-46-43-40-37-34-30-25-23-20-17-14-11-8-5-2/h14,17,23,25,52H,4-13,15-16,18-22,24,26-51H2,1-3H3/b17-14-,25-23-. The lowest BCUT2D eigenvalue weighted by molar-refractivity contribution is -0.167. The highest BCUT2D eigenvalue weighted by molar-refractivity contribution is 5.71. The van der Waals surface area contributed by atoms with Gasteiger partial charge in [-0.2, -0.15) is 0 Å². The van der Waals surface area contributed by atoms with Gasteiger partial charge in [-0.1, -0.05) is 251 Å². The molecule has 0 saturated carbocycles. The van der Waals surface area contributed by atoms with Crippen molar-refractivity contribution < 1.29 is 28.6 Å². The Morgan fingerprint density at radius 3 is 0.951 bits per heavy atom. The Labute approximate surface area is 379 Å². The van der Waals surface area contributed by atoms with Gasteiger partial charge in [0, 0.05) is 19.3 Å². The smallest absolute Gasteiger partial charge is 0.306 e. The minimum Gasteiger partial charge on any atom is -0.462 e. The quantitative estimate of drug-likeness (QED) is 0.0262. The molecule has 0 radical (unpaired) electrons. The normalized spacial score (nSPS) is 12.1. The summed E-state index contributed by atoms with van der Waals surface area (Å²) in [5, 5.41) is 0. The predicted octanol–water partition coefficient (Wildman–Crippen LogP) is 17.5. The summed E-state index contributed by atoms with van der Waals surface area (Å²) in [5.74, 6) is -0.871. The molecule has 0 N–H and O–H groups in total. The van der Waals surface area contributed by atoms with Crippen LogP contribution in [-0.2, 0) is 28.6 Å². The number of unbranched alkanes of at least 4 members (excludes halogenated alkanes) is 34. The molecule has 0 saturated heterocycles. The van der Waals surface area contributed by atoms with Crippen LogP contribution in [0.15, 0.2) is 24.3 Å². The molecule has 0 aliphatic heterocycles. The van der Waals surface area contributed by atoms with Crippen LogP contribution in [0.4, 0.5) is 0 Å². The van der Waals surface area contributed by atoms with Gasteiger partial charge in [0.1, 0.15) is 13.2 Å². The van der Waals surface area contributed by atoms with E-state index in [0.29, 0.717) is 19.3 Å². The van der Waals surface area contributed by atoms with Crippen molar-refractivity contribution in [2.45, 2.75) is 297 Å². The predicted molar refractivity (Wildman–Crippen MR) is 261 cm³/mol. The molecular weight excluding hydrogens is 757 g/mol. The molecular formula is C55H102O6. The van der Waals surface area contributed by atoms with Gasteiger partial charge in [0.25, 0.3) is 0 Å². The van der Waals surface area contributed by atoms with Crippen LogP contribution in [0.25, 0.3) is 0 Å². The number of esters is 3. The highest BCUT2D eigenvalue weighted by atomic mass is 16.6. The fraction of sp³-hybridized carbons (Fsp3) is 0.873. The average molecular weight is 859 g/mol. The second kappa shape index (κ2) is 50.5. The number of carbonyl (C=O) groups excluding carboxylic acids is 3. The monoisotopic (exact) mass is 859 g/mol. The largest absolute Gasteiger partial charge is 0.462 e.